The van der Waals surface area contributed by atoms with Crippen LogP contribution >= 0.6 is 0 Å². The molecule has 3 aromatic rings. The lowest BCUT2D eigenvalue weighted by Gasteiger charge is -2.37. The number of amides is 2. The number of imide groups is 1. The molecule has 184 valence electrons. The number of carbonyl (C=O) groups is 3. The normalized spacial score (nSPS) is 28.6. The minimum atomic E-state index is -0.514. The van der Waals surface area contributed by atoms with Crippen molar-refractivity contribution in [1.82, 2.24) is 0 Å². The lowest BCUT2D eigenvalue weighted by atomic mass is 9.63. The quantitative estimate of drug-likeness (QED) is 0.209. The largest absolute Gasteiger partial charge is 0.489 e. The van der Waals surface area contributed by atoms with Crippen LogP contribution in [0.2, 0.25) is 0 Å². The van der Waals surface area contributed by atoms with Crippen LogP contribution in [0.4, 0.5) is 5.69 Å². The van der Waals surface area contributed by atoms with E-state index in [0.29, 0.717) is 41.2 Å². The van der Waals surface area contributed by atoms with Crippen molar-refractivity contribution >= 4 is 23.5 Å². The summed E-state index contributed by atoms with van der Waals surface area (Å²) in [6, 6.07) is 23.2. The smallest absolute Gasteiger partial charge is 0.343 e. The second-order valence-corrected chi connectivity index (χ2v) is 10.3. The number of allylic oxidation sites excluding steroid dienone is 2. The Kier molecular flexibility index (Phi) is 5.03. The molecule has 6 nitrogen and oxygen atoms in total. The predicted octanol–water partition coefficient (Wildman–Crippen LogP) is 5.04. The van der Waals surface area contributed by atoms with E-state index in [9.17, 15) is 14.4 Å². The van der Waals surface area contributed by atoms with E-state index in [-0.39, 0.29) is 35.5 Å². The molecule has 1 heterocycles. The number of benzene rings is 3. The monoisotopic (exact) mass is 491 g/mol. The number of hydrogen-bond acceptors (Lipinski definition) is 5. The standard InChI is InChI=1S/C31H25NO5/c33-29-27-23-14-15-24(26-16-25(23)26)28(27)30(34)32(29)20-8-6-19(7-9-20)31(35)37-22-12-10-21(11-13-22)36-17-18-4-2-1-3-5-18/h1-15,23-28H,16-17H2/t23-,24-,25-,26-,27+,28+/m1/s1. The Hall–Kier alpha value is -4.19. The van der Waals surface area contributed by atoms with E-state index in [4.69, 9.17) is 9.47 Å². The first-order chi connectivity index (χ1) is 18.1. The maximum atomic E-state index is 13.3. The van der Waals surface area contributed by atoms with Crippen LogP contribution in [0.5, 0.6) is 11.5 Å². The van der Waals surface area contributed by atoms with Gasteiger partial charge in [0.05, 0.1) is 23.1 Å². The summed E-state index contributed by atoms with van der Waals surface area (Å²) in [6.07, 6.45) is 5.46. The predicted molar refractivity (Wildman–Crippen MR) is 136 cm³/mol. The van der Waals surface area contributed by atoms with Crippen molar-refractivity contribution in [3.05, 3.63) is 102 Å². The average molecular weight is 492 g/mol. The lowest BCUT2D eigenvalue weighted by molar-refractivity contribution is -0.124. The number of hydrogen-bond donors (Lipinski definition) is 0. The maximum absolute atomic E-state index is 13.3. The van der Waals surface area contributed by atoms with E-state index >= 15 is 0 Å². The van der Waals surface area contributed by atoms with E-state index in [1.54, 1.807) is 48.5 Å². The molecule has 1 saturated heterocycles. The molecule has 2 bridgehead atoms. The van der Waals surface area contributed by atoms with Crippen LogP contribution in [0, 0.1) is 35.5 Å². The Morgan fingerprint density at radius 2 is 1.35 bits per heavy atom. The molecule has 0 radical (unpaired) electrons. The van der Waals surface area contributed by atoms with E-state index in [2.05, 4.69) is 12.2 Å². The molecule has 2 amide bonds. The highest BCUT2D eigenvalue weighted by Crippen LogP contribution is 2.65. The summed E-state index contributed by atoms with van der Waals surface area (Å²) in [5.74, 6) is 1.37. The zero-order valence-electron chi connectivity index (χ0n) is 20.0. The van der Waals surface area contributed by atoms with Gasteiger partial charge in [0.25, 0.3) is 0 Å². The van der Waals surface area contributed by atoms with Crippen LogP contribution in [0.25, 0.3) is 0 Å². The van der Waals surface area contributed by atoms with Gasteiger partial charge in [0.1, 0.15) is 18.1 Å². The third-order valence-corrected chi connectivity index (χ3v) is 8.31. The highest BCUT2D eigenvalue weighted by molar-refractivity contribution is 6.22. The topological polar surface area (TPSA) is 72.9 Å². The molecule has 8 rings (SSSR count). The highest BCUT2D eigenvalue weighted by atomic mass is 16.5. The summed E-state index contributed by atoms with van der Waals surface area (Å²) in [6.45, 7) is 0.453. The van der Waals surface area contributed by atoms with E-state index in [1.807, 2.05) is 30.3 Å². The number of anilines is 1. The van der Waals surface area contributed by atoms with E-state index in [0.717, 1.165) is 12.0 Å². The number of ether oxygens (including phenoxy) is 2. The molecule has 6 atom stereocenters. The third kappa shape index (κ3) is 3.67. The summed E-state index contributed by atoms with van der Waals surface area (Å²) in [7, 11) is 0. The number of carbonyl (C=O) groups excluding carboxylic acids is 3. The van der Waals surface area contributed by atoms with Crippen molar-refractivity contribution in [2.75, 3.05) is 4.90 Å². The van der Waals surface area contributed by atoms with Gasteiger partial charge in [0.15, 0.2) is 0 Å². The average Bonchev–Trinajstić information content (AvgIpc) is 3.72. The van der Waals surface area contributed by atoms with Crippen molar-refractivity contribution in [3.63, 3.8) is 0 Å². The molecule has 0 N–H and O–H groups in total. The van der Waals surface area contributed by atoms with Gasteiger partial charge in [-0.25, -0.2) is 4.79 Å². The van der Waals surface area contributed by atoms with E-state index in [1.165, 1.54) is 4.90 Å². The minimum absolute atomic E-state index is 0.107. The molecule has 37 heavy (non-hydrogen) atoms. The summed E-state index contributed by atoms with van der Waals surface area (Å²) in [5.41, 5.74) is 1.92. The molecule has 3 aromatic carbocycles. The third-order valence-electron chi connectivity index (χ3n) is 8.31. The SMILES string of the molecule is O=C(Oc1ccc(OCc2ccccc2)cc1)c1ccc(N2C(=O)[C@H]3[C@@H]4C=C[C@H]([C@H]5C[C@H]45)[C@@H]3C2=O)cc1. The van der Waals surface area contributed by atoms with Crippen LogP contribution in [0.1, 0.15) is 22.3 Å². The Morgan fingerprint density at radius 1 is 0.757 bits per heavy atom. The summed E-state index contributed by atoms with van der Waals surface area (Å²) >= 11 is 0. The molecule has 3 fully saturated rings. The molecule has 0 spiro atoms. The fourth-order valence-corrected chi connectivity index (χ4v) is 6.47. The van der Waals surface area contributed by atoms with Crippen LogP contribution in [0.15, 0.2) is 91.0 Å². The van der Waals surface area contributed by atoms with Crippen LogP contribution in [-0.2, 0) is 16.2 Å². The fraction of sp³-hybridized carbons (Fsp3) is 0.258. The van der Waals surface area contributed by atoms with Crippen LogP contribution < -0.4 is 14.4 Å². The number of esters is 1. The first-order valence-electron chi connectivity index (χ1n) is 12.7. The van der Waals surface area contributed by atoms with Gasteiger partial charge in [0.2, 0.25) is 11.8 Å². The van der Waals surface area contributed by atoms with Gasteiger partial charge < -0.3 is 9.47 Å². The summed E-state index contributed by atoms with van der Waals surface area (Å²) in [4.78, 5) is 40.6. The molecule has 1 aliphatic heterocycles. The van der Waals surface area contributed by atoms with Crippen molar-refractivity contribution in [2.45, 2.75) is 13.0 Å². The molecule has 6 heteroatoms. The van der Waals surface area contributed by atoms with Crippen molar-refractivity contribution in [3.8, 4) is 11.5 Å². The highest BCUT2D eigenvalue weighted by Gasteiger charge is 2.67. The molecular weight excluding hydrogens is 466 g/mol. The Balaban J connectivity index is 1.00. The van der Waals surface area contributed by atoms with Gasteiger partial charge in [0, 0.05) is 0 Å². The molecule has 0 unspecified atom stereocenters. The second-order valence-electron chi connectivity index (χ2n) is 10.3. The first-order valence-corrected chi connectivity index (χ1v) is 12.7. The molecule has 4 aliphatic carbocycles. The maximum Gasteiger partial charge on any atom is 0.343 e. The molecule has 2 saturated carbocycles. The van der Waals surface area contributed by atoms with Crippen molar-refractivity contribution in [1.29, 1.82) is 0 Å². The van der Waals surface area contributed by atoms with Crippen LogP contribution in [-0.4, -0.2) is 17.8 Å². The minimum Gasteiger partial charge on any atom is -0.489 e. The number of rotatable bonds is 6. The van der Waals surface area contributed by atoms with Crippen molar-refractivity contribution < 1.29 is 23.9 Å². The Morgan fingerprint density at radius 3 is 1.97 bits per heavy atom. The van der Waals surface area contributed by atoms with Gasteiger partial charge in [-0.2, -0.15) is 0 Å². The van der Waals surface area contributed by atoms with Crippen LogP contribution in [0.3, 0.4) is 0 Å². The van der Waals surface area contributed by atoms with Gasteiger partial charge in [-0.05, 0) is 84.2 Å². The van der Waals surface area contributed by atoms with Gasteiger partial charge in [-0.15, -0.1) is 0 Å². The van der Waals surface area contributed by atoms with E-state index < -0.39 is 5.97 Å². The second kappa shape index (κ2) is 8.44. The number of nitrogens with zero attached hydrogens (tertiary/aromatic N) is 1. The van der Waals surface area contributed by atoms with Gasteiger partial charge >= 0.3 is 5.97 Å². The Labute approximate surface area is 214 Å². The molecule has 5 aliphatic rings. The van der Waals surface area contributed by atoms with Gasteiger partial charge in [-0.1, -0.05) is 42.5 Å². The molecule has 0 aromatic heterocycles. The lowest BCUT2D eigenvalue weighted by Crippen LogP contribution is -2.40. The Bertz CT molecular complexity index is 1380. The summed E-state index contributed by atoms with van der Waals surface area (Å²) in [5, 5.41) is 0. The molecular formula is C31H25NO5. The van der Waals surface area contributed by atoms with Gasteiger partial charge in [-0.3, -0.25) is 14.5 Å². The fourth-order valence-electron chi connectivity index (χ4n) is 6.47. The van der Waals surface area contributed by atoms with Crippen molar-refractivity contribution in [2.24, 2.45) is 35.5 Å². The first kappa shape index (κ1) is 22.0. The zero-order valence-corrected chi connectivity index (χ0v) is 20.0. The summed E-state index contributed by atoms with van der Waals surface area (Å²) < 4.78 is 11.3. The zero-order chi connectivity index (χ0) is 25.1.